The maximum atomic E-state index is 11.5. The third-order valence-corrected chi connectivity index (χ3v) is 2.71. The molecule has 1 aliphatic rings. The van der Waals surface area contributed by atoms with Gasteiger partial charge in [-0.2, -0.15) is 0 Å². The minimum Gasteiger partial charge on any atom is -0.461 e. The monoisotopic (exact) mass is 248 g/mol. The zero-order valence-electron chi connectivity index (χ0n) is 9.99. The van der Waals surface area contributed by atoms with Gasteiger partial charge >= 0.3 is 5.97 Å². The van der Waals surface area contributed by atoms with E-state index < -0.39 is 18.2 Å². The molecule has 2 rings (SSSR count). The van der Waals surface area contributed by atoms with Crippen molar-refractivity contribution in [3.63, 3.8) is 0 Å². The van der Waals surface area contributed by atoms with Crippen LogP contribution in [0.25, 0.3) is 0 Å². The maximum Gasteiger partial charge on any atom is 0.308 e. The molecule has 1 aromatic carbocycles. The number of ether oxygens (including phenoxy) is 2. The van der Waals surface area contributed by atoms with Crippen molar-refractivity contribution in [2.45, 2.75) is 25.2 Å². The van der Waals surface area contributed by atoms with Gasteiger partial charge in [0.05, 0.1) is 19.1 Å². The molecular formula is C14H16O4. The van der Waals surface area contributed by atoms with E-state index in [-0.39, 0.29) is 13.0 Å². The molecule has 0 amide bonds. The van der Waals surface area contributed by atoms with E-state index in [4.69, 9.17) is 9.47 Å². The molecule has 1 N–H and O–H groups in total. The standard InChI is InChI=1S/C14H16O4/c15-12(13-7-4-8-17-13)9-14(16)18-10-11-5-2-1-3-6-11/h1-7,12-13,15H,8-10H2/t12?,13-/m0/s1. The first-order valence-corrected chi connectivity index (χ1v) is 5.91. The number of esters is 1. The molecule has 96 valence electrons. The second-order valence-electron chi connectivity index (χ2n) is 4.14. The van der Waals surface area contributed by atoms with Crippen LogP contribution in [0, 0.1) is 0 Å². The van der Waals surface area contributed by atoms with Gasteiger partial charge in [-0.15, -0.1) is 0 Å². The van der Waals surface area contributed by atoms with E-state index in [9.17, 15) is 9.90 Å². The Hall–Kier alpha value is -1.65. The van der Waals surface area contributed by atoms with Gasteiger partial charge in [0, 0.05) is 0 Å². The summed E-state index contributed by atoms with van der Waals surface area (Å²) in [7, 11) is 0. The van der Waals surface area contributed by atoms with Crippen LogP contribution in [0.1, 0.15) is 12.0 Å². The van der Waals surface area contributed by atoms with Gasteiger partial charge in [0.25, 0.3) is 0 Å². The van der Waals surface area contributed by atoms with Crippen molar-refractivity contribution < 1.29 is 19.4 Å². The average Bonchev–Trinajstić information content (AvgIpc) is 2.91. The molecule has 2 atom stereocenters. The lowest BCUT2D eigenvalue weighted by molar-refractivity contribution is -0.148. The lowest BCUT2D eigenvalue weighted by Crippen LogP contribution is -2.28. The molecule has 0 fully saturated rings. The van der Waals surface area contributed by atoms with Crippen LogP contribution in [-0.2, 0) is 20.9 Å². The van der Waals surface area contributed by atoms with E-state index in [1.165, 1.54) is 0 Å². The van der Waals surface area contributed by atoms with Crippen LogP contribution < -0.4 is 0 Å². The molecule has 1 unspecified atom stereocenters. The van der Waals surface area contributed by atoms with Crippen molar-refractivity contribution in [1.82, 2.24) is 0 Å². The van der Waals surface area contributed by atoms with Gasteiger partial charge in [0.1, 0.15) is 12.7 Å². The Labute approximate surface area is 106 Å². The summed E-state index contributed by atoms with van der Waals surface area (Å²) in [4.78, 5) is 11.5. The Morgan fingerprint density at radius 1 is 1.44 bits per heavy atom. The van der Waals surface area contributed by atoms with Crippen molar-refractivity contribution in [2.75, 3.05) is 6.61 Å². The Morgan fingerprint density at radius 2 is 2.22 bits per heavy atom. The van der Waals surface area contributed by atoms with Gasteiger partial charge in [0.15, 0.2) is 0 Å². The Bertz CT molecular complexity index is 413. The predicted molar refractivity (Wildman–Crippen MR) is 65.7 cm³/mol. The highest BCUT2D eigenvalue weighted by atomic mass is 16.5. The van der Waals surface area contributed by atoms with Crippen LogP contribution in [0.4, 0.5) is 0 Å². The summed E-state index contributed by atoms with van der Waals surface area (Å²) in [5.74, 6) is -0.421. The SMILES string of the molecule is O=C(CC(O)[C@@H]1C=CCO1)OCc1ccccc1. The molecule has 0 aliphatic carbocycles. The zero-order chi connectivity index (χ0) is 12.8. The van der Waals surface area contributed by atoms with Crippen LogP contribution in [0.3, 0.4) is 0 Å². The summed E-state index contributed by atoms with van der Waals surface area (Å²) in [6, 6.07) is 9.43. The third-order valence-electron chi connectivity index (χ3n) is 2.71. The summed E-state index contributed by atoms with van der Waals surface area (Å²) >= 11 is 0. The quantitative estimate of drug-likeness (QED) is 0.632. The normalized spacial score (nSPS) is 19.7. The number of carbonyl (C=O) groups excluding carboxylic acids is 1. The first-order chi connectivity index (χ1) is 8.75. The maximum absolute atomic E-state index is 11.5. The summed E-state index contributed by atoms with van der Waals surface area (Å²) in [6.07, 6.45) is 2.29. The van der Waals surface area contributed by atoms with Crippen molar-refractivity contribution in [3.8, 4) is 0 Å². The van der Waals surface area contributed by atoms with Gasteiger partial charge < -0.3 is 14.6 Å². The summed E-state index contributed by atoms with van der Waals surface area (Å²) in [6.45, 7) is 0.717. The molecule has 0 saturated carbocycles. The van der Waals surface area contributed by atoms with Gasteiger partial charge in [-0.1, -0.05) is 42.5 Å². The molecule has 0 aromatic heterocycles. The molecule has 0 spiro atoms. The lowest BCUT2D eigenvalue weighted by Gasteiger charge is -2.15. The van der Waals surface area contributed by atoms with Crippen LogP contribution in [0.2, 0.25) is 0 Å². The molecule has 18 heavy (non-hydrogen) atoms. The topological polar surface area (TPSA) is 55.8 Å². The molecule has 4 nitrogen and oxygen atoms in total. The van der Waals surface area contributed by atoms with Gasteiger partial charge in [0.2, 0.25) is 0 Å². The number of rotatable bonds is 5. The highest BCUT2D eigenvalue weighted by Crippen LogP contribution is 2.12. The molecular weight excluding hydrogens is 232 g/mol. The Balaban J connectivity index is 1.73. The number of aliphatic hydroxyl groups excluding tert-OH is 1. The van der Waals surface area contributed by atoms with E-state index in [0.29, 0.717) is 6.61 Å². The summed E-state index contributed by atoms with van der Waals surface area (Å²) < 4.78 is 10.3. The van der Waals surface area contributed by atoms with E-state index in [1.54, 1.807) is 6.08 Å². The zero-order valence-corrected chi connectivity index (χ0v) is 9.99. The Kier molecular flexibility index (Phi) is 4.50. The van der Waals surface area contributed by atoms with E-state index in [1.807, 2.05) is 36.4 Å². The smallest absolute Gasteiger partial charge is 0.308 e. The summed E-state index contributed by atoms with van der Waals surface area (Å²) in [5, 5.41) is 9.74. The average molecular weight is 248 g/mol. The molecule has 1 aromatic rings. The van der Waals surface area contributed by atoms with Crippen LogP contribution >= 0.6 is 0 Å². The largest absolute Gasteiger partial charge is 0.461 e. The van der Waals surface area contributed by atoms with E-state index in [2.05, 4.69) is 0 Å². The number of benzene rings is 1. The van der Waals surface area contributed by atoms with Crippen molar-refractivity contribution >= 4 is 5.97 Å². The second kappa shape index (κ2) is 6.33. The highest BCUT2D eigenvalue weighted by molar-refractivity contribution is 5.70. The summed E-state index contributed by atoms with van der Waals surface area (Å²) in [5.41, 5.74) is 0.928. The van der Waals surface area contributed by atoms with Crippen molar-refractivity contribution in [2.24, 2.45) is 0 Å². The first kappa shape index (κ1) is 12.8. The second-order valence-corrected chi connectivity index (χ2v) is 4.14. The fourth-order valence-electron chi connectivity index (χ4n) is 1.74. The lowest BCUT2D eigenvalue weighted by atomic mass is 10.1. The molecule has 1 aliphatic heterocycles. The Morgan fingerprint density at radius 3 is 2.89 bits per heavy atom. The van der Waals surface area contributed by atoms with E-state index in [0.717, 1.165) is 5.56 Å². The highest BCUT2D eigenvalue weighted by Gasteiger charge is 2.23. The number of carbonyl (C=O) groups is 1. The molecule has 4 heteroatoms. The van der Waals surface area contributed by atoms with Crippen LogP contribution in [0.5, 0.6) is 0 Å². The molecule has 1 heterocycles. The minimum absolute atomic E-state index is 0.0537. The van der Waals surface area contributed by atoms with E-state index >= 15 is 0 Å². The first-order valence-electron chi connectivity index (χ1n) is 5.91. The van der Waals surface area contributed by atoms with Crippen LogP contribution in [0.15, 0.2) is 42.5 Å². The number of hydrogen-bond acceptors (Lipinski definition) is 4. The van der Waals surface area contributed by atoms with Gasteiger partial charge in [-0.3, -0.25) is 4.79 Å². The third kappa shape index (κ3) is 3.68. The fraction of sp³-hybridized carbons (Fsp3) is 0.357. The molecule has 0 saturated heterocycles. The van der Waals surface area contributed by atoms with Gasteiger partial charge in [-0.05, 0) is 5.56 Å². The van der Waals surface area contributed by atoms with Crippen molar-refractivity contribution in [1.29, 1.82) is 0 Å². The van der Waals surface area contributed by atoms with Crippen molar-refractivity contribution in [3.05, 3.63) is 48.0 Å². The van der Waals surface area contributed by atoms with Crippen LogP contribution in [-0.4, -0.2) is 29.9 Å². The fourth-order valence-corrected chi connectivity index (χ4v) is 1.74. The van der Waals surface area contributed by atoms with Gasteiger partial charge in [-0.25, -0.2) is 0 Å². The molecule has 0 bridgehead atoms. The minimum atomic E-state index is -0.841. The number of aliphatic hydroxyl groups is 1. The predicted octanol–water partition coefficient (Wildman–Crippen LogP) is 1.44. The molecule has 0 radical (unpaired) electrons. The number of hydrogen-bond donors (Lipinski definition) is 1.